The van der Waals surface area contributed by atoms with Gasteiger partial charge in [0.25, 0.3) is 0 Å². The number of hydrogen-bond donors (Lipinski definition) is 0. The van der Waals surface area contributed by atoms with Crippen molar-refractivity contribution < 1.29 is 9.47 Å². The molecule has 3 heteroatoms. The van der Waals surface area contributed by atoms with Crippen molar-refractivity contribution in [2.75, 3.05) is 13.2 Å². The molecule has 0 N–H and O–H groups in total. The summed E-state index contributed by atoms with van der Waals surface area (Å²) >= 11 is 1.61. The fourth-order valence-corrected chi connectivity index (χ4v) is 2.06. The molecule has 0 amide bonds. The first kappa shape index (κ1) is 11.7. The molecule has 2 aromatic rings. The Balaban J connectivity index is 0.000000128. The number of rotatable bonds is 1. The zero-order valence-electron chi connectivity index (χ0n) is 9.46. The lowest BCUT2D eigenvalue weighted by atomic mass is 10.2. The van der Waals surface area contributed by atoms with Crippen molar-refractivity contribution in [3.05, 3.63) is 53.2 Å². The van der Waals surface area contributed by atoms with Crippen LogP contribution in [-0.2, 0) is 0 Å². The average Bonchev–Trinajstić information content (AvgIpc) is 2.89. The second-order valence-electron chi connectivity index (χ2n) is 3.41. The molecule has 1 aromatic heterocycles. The molecule has 17 heavy (non-hydrogen) atoms. The van der Waals surface area contributed by atoms with Crippen LogP contribution in [0.25, 0.3) is 6.08 Å². The summed E-state index contributed by atoms with van der Waals surface area (Å²) in [6, 6.07) is 10.0. The third-order valence-corrected chi connectivity index (χ3v) is 2.93. The Bertz CT molecular complexity index is 442. The van der Waals surface area contributed by atoms with Gasteiger partial charge in [-0.1, -0.05) is 43.0 Å². The molecule has 0 radical (unpaired) electrons. The number of hydrogen-bond acceptors (Lipinski definition) is 3. The molecule has 0 fully saturated rings. The van der Waals surface area contributed by atoms with E-state index >= 15 is 0 Å². The third kappa shape index (κ3) is 3.36. The van der Waals surface area contributed by atoms with E-state index in [9.17, 15) is 0 Å². The molecule has 88 valence electrons. The summed E-state index contributed by atoms with van der Waals surface area (Å²) in [5.74, 6) is 1.79. The van der Waals surface area contributed by atoms with Crippen LogP contribution < -0.4 is 9.47 Å². The van der Waals surface area contributed by atoms with E-state index in [1.807, 2.05) is 47.2 Å². The van der Waals surface area contributed by atoms with E-state index in [4.69, 9.17) is 9.47 Å². The Morgan fingerprint density at radius 1 is 1.00 bits per heavy atom. The number of fused-ring (bicyclic) bond motifs is 1. The molecular formula is C14H14O2S. The summed E-state index contributed by atoms with van der Waals surface area (Å²) in [6.45, 7) is 5.00. The van der Waals surface area contributed by atoms with Crippen molar-refractivity contribution in [2.24, 2.45) is 0 Å². The van der Waals surface area contributed by atoms with Gasteiger partial charge >= 0.3 is 0 Å². The van der Waals surface area contributed by atoms with E-state index in [-0.39, 0.29) is 0 Å². The average molecular weight is 246 g/mol. The van der Waals surface area contributed by atoms with Gasteiger partial charge in [0.15, 0.2) is 11.5 Å². The van der Waals surface area contributed by atoms with Crippen molar-refractivity contribution in [2.45, 2.75) is 0 Å². The fraction of sp³-hybridized carbons (Fsp3) is 0.143. The van der Waals surface area contributed by atoms with Gasteiger partial charge in [0.05, 0.1) is 0 Å². The van der Waals surface area contributed by atoms with E-state index in [1.165, 1.54) is 5.56 Å². The van der Waals surface area contributed by atoms with Gasteiger partial charge in [-0.25, -0.2) is 0 Å². The van der Waals surface area contributed by atoms with Crippen LogP contribution in [0.4, 0.5) is 0 Å². The molecule has 0 spiro atoms. The van der Waals surface area contributed by atoms with Crippen molar-refractivity contribution >= 4 is 17.4 Å². The normalized spacial score (nSPS) is 12.2. The van der Waals surface area contributed by atoms with Crippen LogP contribution >= 0.6 is 11.3 Å². The van der Waals surface area contributed by atoms with Crippen molar-refractivity contribution in [3.8, 4) is 11.5 Å². The maximum absolute atomic E-state index is 5.25. The minimum Gasteiger partial charge on any atom is -0.485 e. The highest BCUT2D eigenvalue weighted by atomic mass is 32.1. The molecule has 0 aliphatic carbocycles. The second-order valence-corrected chi connectivity index (χ2v) is 4.16. The third-order valence-electron chi connectivity index (χ3n) is 2.23. The molecule has 1 aromatic carbocycles. The lowest BCUT2D eigenvalue weighted by molar-refractivity contribution is 0.173. The van der Waals surface area contributed by atoms with Gasteiger partial charge in [0.1, 0.15) is 13.2 Å². The Hall–Kier alpha value is -1.74. The van der Waals surface area contributed by atoms with Gasteiger partial charge in [-0.2, -0.15) is 0 Å². The number of thiophene rings is 1. The Morgan fingerprint density at radius 3 is 2.06 bits per heavy atom. The highest BCUT2D eigenvalue weighted by molar-refractivity contribution is 7.08. The number of ether oxygens (including phenoxy) is 2. The summed E-state index contributed by atoms with van der Waals surface area (Å²) in [5, 5.41) is 3.91. The standard InChI is InChI=1S/C8H8.C6H6O2S/c1-2-8-6-4-3-5-7-8;1-2-8-6-4-9-3-5(6)7-1/h2-7H,1H2;3-4H,1-2H2. The molecule has 2 nitrogen and oxygen atoms in total. The topological polar surface area (TPSA) is 18.5 Å². The zero-order chi connectivity index (χ0) is 11.9. The number of benzene rings is 1. The predicted octanol–water partition coefficient (Wildman–Crippen LogP) is 3.85. The van der Waals surface area contributed by atoms with Crippen LogP contribution in [0.5, 0.6) is 11.5 Å². The first-order valence-corrected chi connectivity index (χ1v) is 6.33. The molecule has 0 unspecified atom stereocenters. The van der Waals surface area contributed by atoms with Crippen LogP contribution in [0, 0.1) is 0 Å². The zero-order valence-corrected chi connectivity index (χ0v) is 10.3. The maximum Gasteiger partial charge on any atom is 0.172 e. The molecule has 0 bridgehead atoms. The smallest absolute Gasteiger partial charge is 0.172 e. The highest BCUT2D eigenvalue weighted by Gasteiger charge is 2.10. The van der Waals surface area contributed by atoms with Crippen molar-refractivity contribution in [1.29, 1.82) is 0 Å². The monoisotopic (exact) mass is 246 g/mol. The SMILES string of the molecule is C=Cc1ccccc1.c1scc2c1OCCO2. The molecule has 0 saturated carbocycles. The minimum atomic E-state index is 0.684. The molecule has 0 saturated heterocycles. The fourth-order valence-electron chi connectivity index (χ4n) is 1.38. The summed E-state index contributed by atoms with van der Waals surface area (Å²) in [6.07, 6.45) is 1.83. The molecule has 2 heterocycles. The lowest BCUT2D eigenvalue weighted by Crippen LogP contribution is -2.13. The van der Waals surface area contributed by atoms with Gasteiger partial charge < -0.3 is 9.47 Å². The van der Waals surface area contributed by atoms with Gasteiger partial charge in [-0.05, 0) is 5.56 Å². The Labute approximate surface area is 105 Å². The van der Waals surface area contributed by atoms with Gasteiger partial charge in [0.2, 0.25) is 0 Å². The van der Waals surface area contributed by atoms with Gasteiger partial charge in [-0.3, -0.25) is 0 Å². The van der Waals surface area contributed by atoms with E-state index < -0.39 is 0 Å². The predicted molar refractivity (Wildman–Crippen MR) is 71.8 cm³/mol. The second kappa shape index (κ2) is 6.11. The molecule has 0 atom stereocenters. The first-order valence-electron chi connectivity index (χ1n) is 5.39. The van der Waals surface area contributed by atoms with E-state index in [0.29, 0.717) is 13.2 Å². The van der Waals surface area contributed by atoms with E-state index in [0.717, 1.165) is 11.5 Å². The molecule has 1 aliphatic heterocycles. The molecule has 3 rings (SSSR count). The van der Waals surface area contributed by atoms with Crippen LogP contribution in [0.15, 0.2) is 47.7 Å². The van der Waals surface area contributed by atoms with Crippen LogP contribution in [0.2, 0.25) is 0 Å². The maximum atomic E-state index is 5.25. The minimum absolute atomic E-state index is 0.684. The lowest BCUT2D eigenvalue weighted by Gasteiger charge is -2.13. The highest BCUT2D eigenvalue weighted by Crippen LogP contribution is 2.33. The van der Waals surface area contributed by atoms with Crippen LogP contribution in [-0.4, -0.2) is 13.2 Å². The summed E-state index contributed by atoms with van der Waals surface area (Å²) in [7, 11) is 0. The van der Waals surface area contributed by atoms with E-state index in [1.54, 1.807) is 11.3 Å². The summed E-state index contributed by atoms with van der Waals surface area (Å²) in [5.41, 5.74) is 1.17. The molecule has 1 aliphatic rings. The van der Waals surface area contributed by atoms with Gasteiger partial charge in [0, 0.05) is 10.8 Å². The molecular weight excluding hydrogens is 232 g/mol. The quantitative estimate of drug-likeness (QED) is 0.761. The van der Waals surface area contributed by atoms with E-state index in [2.05, 4.69) is 6.58 Å². The largest absolute Gasteiger partial charge is 0.485 e. The Kier molecular flexibility index (Phi) is 4.22. The van der Waals surface area contributed by atoms with Crippen LogP contribution in [0.3, 0.4) is 0 Å². The van der Waals surface area contributed by atoms with Crippen molar-refractivity contribution in [1.82, 2.24) is 0 Å². The summed E-state index contributed by atoms with van der Waals surface area (Å²) < 4.78 is 10.5. The van der Waals surface area contributed by atoms with Gasteiger partial charge in [-0.15, -0.1) is 11.3 Å². The summed E-state index contributed by atoms with van der Waals surface area (Å²) in [4.78, 5) is 0. The Morgan fingerprint density at radius 2 is 1.59 bits per heavy atom. The first-order chi connectivity index (χ1) is 8.40. The van der Waals surface area contributed by atoms with Crippen LogP contribution in [0.1, 0.15) is 5.56 Å². The van der Waals surface area contributed by atoms with Crippen molar-refractivity contribution in [3.63, 3.8) is 0 Å².